The molecule has 0 radical (unpaired) electrons. The SMILES string of the molecule is [C-]#[N+]c1cnn(-c2ncccn2)c1N/N=C1\C(=O)C(C(=O)Nc2ccc(C)cc2)=Cc2ccccc21. The number of aryl methyl sites for hydroxylation is 1. The van der Waals surface area contributed by atoms with Gasteiger partial charge in [-0.15, -0.1) is 0 Å². The molecule has 1 aliphatic rings. The highest BCUT2D eigenvalue weighted by Crippen LogP contribution is 2.28. The Morgan fingerprint density at radius 1 is 1.06 bits per heavy atom. The standard InChI is InChI=1S/C26H18N8O2/c1-16-8-10-18(11-9-16)31-25(36)20-14-17-6-3-4-7-19(17)22(23(20)35)32-33-24-21(27-2)15-30-34(24)26-28-12-5-13-29-26/h3-15,33H,1H3,(H,31,36)/b32-22-. The Bertz CT molecular complexity index is 1580. The second kappa shape index (κ2) is 9.44. The van der Waals surface area contributed by atoms with Crippen LogP contribution in [0.4, 0.5) is 17.2 Å². The van der Waals surface area contributed by atoms with Crippen LogP contribution >= 0.6 is 0 Å². The van der Waals surface area contributed by atoms with Gasteiger partial charge in [-0.25, -0.2) is 14.8 Å². The Morgan fingerprint density at radius 3 is 2.56 bits per heavy atom. The van der Waals surface area contributed by atoms with E-state index >= 15 is 0 Å². The lowest BCUT2D eigenvalue weighted by Gasteiger charge is -2.17. The summed E-state index contributed by atoms with van der Waals surface area (Å²) in [4.78, 5) is 38.2. The number of carbonyl (C=O) groups is 2. The maximum Gasteiger partial charge on any atom is 0.259 e. The number of anilines is 2. The van der Waals surface area contributed by atoms with Gasteiger partial charge >= 0.3 is 0 Å². The van der Waals surface area contributed by atoms with Gasteiger partial charge in [0.05, 0.1) is 18.3 Å². The summed E-state index contributed by atoms with van der Waals surface area (Å²) in [7, 11) is 0. The van der Waals surface area contributed by atoms with Gasteiger partial charge in [0.15, 0.2) is 5.82 Å². The number of rotatable bonds is 5. The van der Waals surface area contributed by atoms with Crippen molar-refractivity contribution in [1.29, 1.82) is 0 Å². The number of benzene rings is 2. The normalized spacial score (nSPS) is 13.5. The Morgan fingerprint density at radius 2 is 1.81 bits per heavy atom. The highest BCUT2D eigenvalue weighted by atomic mass is 16.2. The van der Waals surface area contributed by atoms with Crippen LogP contribution in [0.5, 0.6) is 0 Å². The van der Waals surface area contributed by atoms with E-state index in [1.54, 1.807) is 54.9 Å². The van der Waals surface area contributed by atoms with Gasteiger partial charge < -0.3 is 5.32 Å². The minimum absolute atomic E-state index is 0.0276. The number of hydrogen-bond acceptors (Lipinski definition) is 7. The Labute approximate surface area is 205 Å². The molecule has 2 aromatic heterocycles. The summed E-state index contributed by atoms with van der Waals surface area (Å²) in [6.45, 7) is 9.41. The monoisotopic (exact) mass is 474 g/mol. The van der Waals surface area contributed by atoms with Crippen LogP contribution in [0.3, 0.4) is 0 Å². The highest BCUT2D eigenvalue weighted by molar-refractivity contribution is 6.59. The number of carbonyl (C=O) groups excluding carboxylic acids is 2. The number of Topliss-reactive ketones (excluding diaryl/α,β-unsaturated/α-hetero) is 1. The highest BCUT2D eigenvalue weighted by Gasteiger charge is 2.30. The van der Waals surface area contributed by atoms with Gasteiger partial charge in [-0.05, 0) is 36.8 Å². The summed E-state index contributed by atoms with van der Waals surface area (Å²) in [5.74, 6) is -0.689. The molecule has 0 saturated heterocycles. The third kappa shape index (κ3) is 4.24. The summed E-state index contributed by atoms with van der Waals surface area (Å²) in [5, 5.41) is 11.3. The first kappa shape index (κ1) is 22.4. The predicted octanol–water partition coefficient (Wildman–Crippen LogP) is 3.94. The fraction of sp³-hybridized carbons (Fsp3) is 0.0385. The fourth-order valence-electron chi connectivity index (χ4n) is 3.61. The molecular weight excluding hydrogens is 456 g/mol. The zero-order valence-corrected chi connectivity index (χ0v) is 19.0. The molecule has 0 saturated carbocycles. The first-order valence-corrected chi connectivity index (χ1v) is 10.9. The molecule has 2 heterocycles. The number of aromatic nitrogens is 4. The minimum atomic E-state index is -0.558. The molecule has 1 amide bonds. The third-order valence-electron chi connectivity index (χ3n) is 5.42. The van der Waals surface area contributed by atoms with Crippen LogP contribution in [0.2, 0.25) is 0 Å². The van der Waals surface area contributed by atoms with Crippen molar-refractivity contribution in [3.8, 4) is 5.95 Å². The van der Waals surface area contributed by atoms with Crippen LogP contribution in [-0.2, 0) is 9.59 Å². The largest absolute Gasteiger partial charge is 0.322 e. The van der Waals surface area contributed by atoms with E-state index in [1.165, 1.54) is 10.9 Å². The maximum absolute atomic E-state index is 13.4. The lowest BCUT2D eigenvalue weighted by molar-refractivity contribution is -0.116. The van der Waals surface area contributed by atoms with E-state index in [2.05, 4.69) is 35.8 Å². The van der Waals surface area contributed by atoms with Gasteiger partial charge in [-0.2, -0.15) is 14.9 Å². The number of hydrazone groups is 1. The van der Waals surface area contributed by atoms with Gasteiger partial charge in [0, 0.05) is 23.6 Å². The zero-order valence-electron chi connectivity index (χ0n) is 19.0. The van der Waals surface area contributed by atoms with Crippen molar-refractivity contribution < 1.29 is 9.59 Å². The lowest BCUT2D eigenvalue weighted by Crippen LogP contribution is -2.30. The van der Waals surface area contributed by atoms with E-state index in [-0.39, 0.29) is 28.7 Å². The van der Waals surface area contributed by atoms with E-state index in [1.807, 2.05) is 25.1 Å². The average molecular weight is 474 g/mol. The number of ketones is 1. The summed E-state index contributed by atoms with van der Waals surface area (Å²) in [6, 6.07) is 16.1. The van der Waals surface area contributed by atoms with Gasteiger partial charge in [0.25, 0.3) is 11.9 Å². The van der Waals surface area contributed by atoms with Crippen molar-refractivity contribution in [3.63, 3.8) is 0 Å². The molecule has 0 spiro atoms. The van der Waals surface area contributed by atoms with E-state index < -0.39 is 11.7 Å². The van der Waals surface area contributed by atoms with Crippen molar-refractivity contribution >= 4 is 40.7 Å². The third-order valence-corrected chi connectivity index (χ3v) is 5.42. The topological polar surface area (TPSA) is 119 Å². The van der Waals surface area contributed by atoms with E-state index in [4.69, 9.17) is 6.57 Å². The summed E-state index contributed by atoms with van der Waals surface area (Å²) in [5.41, 5.74) is 5.75. The number of nitrogens with one attached hydrogen (secondary N) is 2. The van der Waals surface area contributed by atoms with Crippen LogP contribution in [0.1, 0.15) is 16.7 Å². The Balaban J connectivity index is 1.51. The maximum atomic E-state index is 13.4. The second-order valence-electron chi connectivity index (χ2n) is 7.82. The van der Waals surface area contributed by atoms with Crippen LogP contribution in [0.15, 0.2) is 83.9 Å². The molecule has 4 aromatic rings. The summed E-state index contributed by atoms with van der Waals surface area (Å²) >= 11 is 0. The van der Waals surface area contributed by atoms with Crippen LogP contribution in [0.25, 0.3) is 16.9 Å². The van der Waals surface area contributed by atoms with Crippen molar-refractivity contribution in [2.45, 2.75) is 6.92 Å². The van der Waals surface area contributed by atoms with E-state index in [0.717, 1.165) is 5.56 Å². The molecule has 5 rings (SSSR count). The number of nitrogens with zero attached hydrogens (tertiary/aromatic N) is 6. The Kier molecular flexibility index (Phi) is 5.86. The molecule has 0 atom stereocenters. The van der Waals surface area contributed by atoms with Gasteiger partial charge in [0.2, 0.25) is 11.5 Å². The summed E-state index contributed by atoms with van der Waals surface area (Å²) < 4.78 is 1.32. The lowest BCUT2D eigenvalue weighted by atomic mass is 9.89. The van der Waals surface area contributed by atoms with Gasteiger partial charge in [0.1, 0.15) is 5.71 Å². The number of hydrogen-bond donors (Lipinski definition) is 2. The molecule has 0 bridgehead atoms. The van der Waals surface area contributed by atoms with Crippen molar-refractivity contribution in [3.05, 3.63) is 107 Å². The van der Waals surface area contributed by atoms with Crippen molar-refractivity contribution in [2.24, 2.45) is 5.10 Å². The molecular formula is C26H18N8O2. The molecule has 10 heteroatoms. The molecule has 0 aliphatic heterocycles. The molecule has 0 fully saturated rings. The molecule has 2 aromatic carbocycles. The first-order chi connectivity index (χ1) is 17.5. The molecule has 174 valence electrons. The average Bonchev–Trinajstić information content (AvgIpc) is 3.32. The van der Waals surface area contributed by atoms with Crippen molar-refractivity contribution in [2.75, 3.05) is 10.7 Å². The molecule has 0 unspecified atom stereocenters. The van der Waals surface area contributed by atoms with Crippen LogP contribution in [0, 0.1) is 13.5 Å². The van der Waals surface area contributed by atoms with E-state index in [0.29, 0.717) is 16.8 Å². The second-order valence-corrected chi connectivity index (χ2v) is 7.82. The molecule has 1 aliphatic carbocycles. The zero-order chi connectivity index (χ0) is 25.1. The minimum Gasteiger partial charge on any atom is -0.322 e. The van der Waals surface area contributed by atoms with Crippen LogP contribution in [-0.4, -0.2) is 37.2 Å². The van der Waals surface area contributed by atoms with Crippen molar-refractivity contribution in [1.82, 2.24) is 19.7 Å². The number of amides is 1. The van der Waals surface area contributed by atoms with Gasteiger partial charge in [-0.1, -0.05) is 42.0 Å². The molecule has 10 nitrogen and oxygen atoms in total. The Hall–Kier alpha value is -5.43. The fourth-order valence-corrected chi connectivity index (χ4v) is 3.61. The predicted molar refractivity (Wildman–Crippen MR) is 135 cm³/mol. The quantitative estimate of drug-likeness (QED) is 0.257. The van der Waals surface area contributed by atoms with E-state index in [9.17, 15) is 9.59 Å². The number of fused-ring (bicyclic) bond motifs is 1. The summed E-state index contributed by atoms with van der Waals surface area (Å²) in [6.07, 6.45) is 5.99. The van der Waals surface area contributed by atoms with Crippen LogP contribution < -0.4 is 10.7 Å². The first-order valence-electron chi connectivity index (χ1n) is 10.9. The van der Waals surface area contributed by atoms with Gasteiger partial charge in [-0.3, -0.25) is 15.0 Å². The smallest absolute Gasteiger partial charge is 0.259 e. The molecule has 36 heavy (non-hydrogen) atoms. The molecule has 2 N–H and O–H groups in total.